The second kappa shape index (κ2) is 6.07. The van der Waals surface area contributed by atoms with Crippen LogP contribution in [0.2, 0.25) is 0 Å². The van der Waals surface area contributed by atoms with Crippen LogP contribution >= 0.6 is 0 Å². The summed E-state index contributed by atoms with van der Waals surface area (Å²) in [4.78, 5) is 22.3. The third-order valence-electron chi connectivity index (χ3n) is 3.02. The normalized spacial score (nSPS) is 19.6. The van der Waals surface area contributed by atoms with E-state index in [2.05, 4.69) is 20.2 Å². The van der Waals surface area contributed by atoms with E-state index >= 15 is 0 Å². The van der Waals surface area contributed by atoms with Gasteiger partial charge in [0.15, 0.2) is 0 Å². The molecule has 1 amide bonds. The van der Waals surface area contributed by atoms with E-state index in [9.17, 15) is 4.79 Å². The Morgan fingerprint density at radius 3 is 2.90 bits per heavy atom. The summed E-state index contributed by atoms with van der Waals surface area (Å²) in [5.74, 6) is 0.850. The van der Waals surface area contributed by atoms with Gasteiger partial charge in [-0.25, -0.2) is 9.78 Å². The molecule has 1 aliphatic heterocycles. The number of anilines is 1. The zero-order chi connectivity index (χ0) is 14.6. The lowest BCUT2D eigenvalue weighted by Crippen LogP contribution is -2.49. The zero-order valence-corrected chi connectivity index (χ0v) is 12.3. The summed E-state index contributed by atoms with van der Waals surface area (Å²) >= 11 is 0. The Morgan fingerprint density at radius 1 is 1.45 bits per heavy atom. The highest BCUT2D eigenvalue weighted by atomic mass is 16.6. The van der Waals surface area contributed by atoms with Crippen LogP contribution in [-0.2, 0) is 4.74 Å². The molecule has 0 aromatic carbocycles. The third-order valence-corrected chi connectivity index (χ3v) is 3.02. The topological polar surface area (TPSA) is 67.3 Å². The third kappa shape index (κ3) is 4.36. The fourth-order valence-electron chi connectivity index (χ4n) is 2.23. The number of nitrogens with zero attached hydrogens (tertiary/aromatic N) is 3. The summed E-state index contributed by atoms with van der Waals surface area (Å²) in [5.41, 5.74) is -0.469. The van der Waals surface area contributed by atoms with E-state index in [0.717, 1.165) is 31.7 Å². The number of piperidine rings is 1. The maximum absolute atomic E-state index is 11.8. The molecule has 0 spiro atoms. The van der Waals surface area contributed by atoms with Crippen LogP contribution in [0, 0.1) is 0 Å². The SMILES string of the molecule is CC(C)(C)OC(=O)N[C@@H]1CCCN(c2cnccn2)C1. The zero-order valence-electron chi connectivity index (χ0n) is 12.3. The average molecular weight is 278 g/mol. The Labute approximate surface area is 119 Å². The molecule has 20 heavy (non-hydrogen) atoms. The van der Waals surface area contributed by atoms with Crippen molar-refractivity contribution in [3.63, 3.8) is 0 Å². The molecule has 6 heteroatoms. The Hall–Kier alpha value is -1.85. The first-order valence-corrected chi connectivity index (χ1v) is 6.94. The first-order valence-electron chi connectivity index (χ1n) is 6.94. The van der Waals surface area contributed by atoms with E-state index in [1.54, 1.807) is 18.6 Å². The Kier molecular flexibility index (Phi) is 4.42. The number of hydrogen-bond acceptors (Lipinski definition) is 5. The van der Waals surface area contributed by atoms with Crippen molar-refractivity contribution in [2.45, 2.75) is 45.3 Å². The van der Waals surface area contributed by atoms with Crippen LogP contribution in [-0.4, -0.2) is 40.8 Å². The molecule has 0 bridgehead atoms. The Balaban J connectivity index is 1.89. The second-order valence-electron chi connectivity index (χ2n) is 6.00. The standard InChI is InChI=1S/C14H22N4O2/c1-14(2,3)20-13(19)17-11-5-4-8-18(10-11)12-9-15-6-7-16-12/h6-7,9,11H,4-5,8,10H2,1-3H3,(H,17,19)/t11-/m1/s1. The highest BCUT2D eigenvalue weighted by molar-refractivity contribution is 5.68. The summed E-state index contributed by atoms with van der Waals surface area (Å²) in [6.07, 6.45) is 6.69. The number of rotatable bonds is 2. The van der Waals surface area contributed by atoms with Gasteiger partial charge in [0.05, 0.1) is 6.20 Å². The lowest BCUT2D eigenvalue weighted by atomic mass is 10.1. The molecule has 0 saturated carbocycles. The first-order chi connectivity index (χ1) is 9.44. The molecule has 2 heterocycles. The largest absolute Gasteiger partial charge is 0.444 e. The van der Waals surface area contributed by atoms with E-state index in [0.29, 0.717) is 0 Å². The maximum Gasteiger partial charge on any atom is 0.407 e. The summed E-state index contributed by atoms with van der Waals surface area (Å²) in [6, 6.07) is 0.0839. The first kappa shape index (κ1) is 14.6. The molecule has 110 valence electrons. The Bertz CT molecular complexity index is 444. The number of hydrogen-bond donors (Lipinski definition) is 1. The monoisotopic (exact) mass is 278 g/mol. The van der Waals surface area contributed by atoms with E-state index < -0.39 is 5.60 Å². The Morgan fingerprint density at radius 2 is 2.25 bits per heavy atom. The minimum absolute atomic E-state index is 0.0839. The van der Waals surface area contributed by atoms with E-state index in [-0.39, 0.29) is 12.1 Å². The summed E-state index contributed by atoms with van der Waals surface area (Å²) < 4.78 is 5.28. The van der Waals surface area contributed by atoms with Crippen molar-refractivity contribution < 1.29 is 9.53 Å². The van der Waals surface area contributed by atoms with Crippen molar-refractivity contribution in [2.24, 2.45) is 0 Å². The number of carbonyl (C=O) groups is 1. The van der Waals surface area contributed by atoms with Crippen molar-refractivity contribution >= 4 is 11.9 Å². The predicted octanol–water partition coefficient (Wildman–Crippen LogP) is 1.97. The van der Waals surface area contributed by atoms with Crippen molar-refractivity contribution in [3.05, 3.63) is 18.6 Å². The molecule has 6 nitrogen and oxygen atoms in total. The fraction of sp³-hybridized carbons (Fsp3) is 0.643. The lowest BCUT2D eigenvalue weighted by molar-refractivity contribution is 0.0500. The van der Waals surface area contributed by atoms with Crippen molar-refractivity contribution in [1.82, 2.24) is 15.3 Å². The molecule has 2 rings (SSSR count). The van der Waals surface area contributed by atoms with Gasteiger partial charge in [-0.05, 0) is 33.6 Å². The molecule has 1 atom stereocenters. The average Bonchev–Trinajstić information content (AvgIpc) is 2.38. The van der Waals surface area contributed by atoms with Crippen LogP contribution < -0.4 is 10.2 Å². The van der Waals surface area contributed by atoms with Gasteiger partial charge >= 0.3 is 6.09 Å². The molecule has 0 aliphatic carbocycles. The van der Waals surface area contributed by atoms with Gasteiger partial charge < -0.3 is 15.0 Å². The van der Waals surface area contributed by atoms with Gasteiger partial charge in [-0.1, -0.05) is 0 Å². The van der Waals surface area contributed by atoms with E-state index in [1.807, 2.05) is 20.8 Å². The molecule has 0 radical (unpaired) electrons. The summed E-state index contributed by atoms with van der Waals surface area (Å²) in [7, 11) is 0. The number of ether oxygens (including phenoxy) is 1. The van der Waals surface area contributed by atoms with Crippen molar-refractivity contribution in [1.29, 1.82) is 0 Å². The van der Waals surface area contributed by atoms with Gasteiger partial charge in [0.1, 0.15) is 11.4 Å². The maximum atomic E-state index is 11.8. The molecular weight excluding hydrogens is 256 g/mol. The molecule has 1 fully saturated rings. The fourth-order valence-corrected chi connectivity index (χ4v) is 2.23. The predicted molar refractivity (Wildman–Crippen MR) is 76.6 cm³/mol. The molecule has 1 aromatic rings. The second-order valence-corrected chi connectivity index (χ2v) is 6.00. The molecule has 0 unspecified atom stereocenters. The summed E-state index contributed by atoms with van der Waals surface area (Å²) in [6.45, 7) is 7.25. The van der Waals surface area contributed by atoms with Crippen LogP contribution in [0.25, 0.3) is 0 Å². The number of carbonyl (C=O) groups excluding carboxylic acids is 1. The minimum atomic E-state index is -0.469. The van der Waals surface area contributed by atoms with E-state index in [4.69, 9.17) is 4.74 Å². The van der Waals surface area contributed by atoms with E-state index in [1.165, 1.54) is 0 Å². The number of alkyl carbamates (subject to hydrolysis) is 1. The molecule has 1 aromatic heterocycles. The van der Waals surface area contributed by atoms with Gasteiger partial charge in [-0.2, -0.15) is 0 Å². The van der Waals surface area contributed by atoms with Crippen LogP contribution in [0.5, 0.6) is 0 Å². The molecule has 1 saturated heterocycles. The minimum Gasteiger partial charge on any atom is -0.444 e. The molecule has 1 aliphatic rings. The van der Waals surface area contributed by atoms with Crippen molar-refractivity contribution in [2.75, 3.05) is 18.0 Å². The molecule has 1 N–H and O–H groups in total. The number of amides is 1. The van der Waals surface area contributed by atoms with Gasteiger partial charge in [-0.3, -0.25) is 4.98 Å². The smallest absolute Gasteiger partial charge is 0.407 e. The quantitative estimate of drug-likeness (QED) is 0.896. The van der Waals surface area contributed by atoms with Crippen LogP contribution in [0.1, 0.15) is 33.6 Å². The lowest BCUT2D eigenvalue weighted by Gasteiger charge is -2.34. The van der Waals surface area contributed by atoms with Gasteiger partial charge in [0.25, 0.3) is 0 Å². The number of nitrogens with one attached hydrogen (secondary N) is 1. The molecular formula is C14H22N4O2. The number of aromatic nitrogens is 2. The highest BCUT2D eigenvalue weighted by Crippen LogP contribution is 2.17. The van der Waals surface area contributed by atoms with Gasteiger partial charge in [0.2, 0.25) is 0 Å². The van der Waals surface area contributed by atoms with Gasteiger partial charge in [0, 0.05) is 31.5 Å². The van der Waals surface area contributed by atoms with Gasteiger partial charge in [-0.15, -0.1) is 0 Å². The highest BCUT2D eigenvalue weighted by Gasteiger charge is 2.24. The summed E-state index contributed by atoms with van der Waals surface area (Å²) in [5, 5.41) is 2.92. The van der Waals surface area contributed by atoms with Crippen LogP contribution in [0.4, 0.5) is 10.6 Å². The van der Waals surface area contributed by atoms with Crippen molar-refractivity contribution in [3.8, 4) is 0 Å². The van der Waals surface area contributed by atoms with Crippen LogP contribution in [0.15, 0.2) is 18.6 Å². The van der Waals surface area contributed by atoms with Crippen LogP contribution in [0.3, 0.4) is 0 Å².